The van der Waals surface area contributed by atoms with Gasteiger partial charge in [-0.15, -0.1) is 0 Å². The minimum absolute atomic E-state index is 0. The lowest BCUT2D eigenvalue weighted by Crippen LogP contribution is -2.39. The molecule has 2 rings (SSSR count). The Hall–Kier alpha value is -2.72. The predicted molar refractivity (Wildman–Crippen MR) is 205 cm³/mol. The number of ether oxygens (including phenoxy) is 6. The molecular weight excluding hydrogens is 640 g/mol. The molecule has 3 atom stereocenters. The fraction of sp³-hybridized carbons (Fsp3) is 0.800. The van der Waals surface area contributed by atoms with Crippen molar-refractivity contribution in [3.63, 3.8) is 0 Å². The number of rotatable bonds is 21. The Morgan fingerprint density at radius 1 is 0.620 bits per heavy atom. The summed E-state index contributed by atoms with van der Waals surface area (Å²) in [5.41, 5.74) is -0.504. The van der Waals surface area contributed by atoms with E-state index in [1.165, 1.54) is 12.8 Å². The van der Waals surface area contributed by atoms with E-state index in [1.807, 2.05) is 27.7 Å². The summed E-state index contributed by atoms with van der Waals surface area (Å²) in [5.74, 6) is -1.11. The summed E-state index contributed by atoms with van der Waals surface area (Å²) < 4.78 is 30.3. The van der Waals surface area contributed by atoms with Crippen LogP contribution in [0.4, 0.5) is 0 Å². The molecule has 2 heterocycles. The second-order valence-corrected chi connectivity index (χ2v) is 13.0. The van der Waals surface area contributed by atoms with E-state index in [1.54, 1.807) is 13.8 Å². The number of carbonyl (C=O) groups excluding carboxylic acids is 4. The number of hydrogen-bond acceptors (Lipinski definition) is 10. The predicted octanol–water partition coefficient (Wildman–Crippen LogP) is 9.62. The van der Waals surface area contributed by atoms with Crippen LogP contribution in [0.1, 0.15) is 149 Å². The fourth-order valence-electron chi connectivity index (χ4n) is 4.06. The van der Waals surface area contributed by atoms with Crippen LogP contribution in [0.5, 0.6) is 0 Å². The maximum Gasteiger partial charge on any atom is 0.333 e. The SMILES string of the molecule is C.C.C.C.C=C(C)C(=O)OCC1CO1.C=C(C)C(=O)OCCCCCC.CCCCCCOC(=O)C(C)(CC)CC(C)(C)C(=O)OCC1CO1. The van der Waals surface area contributed by atoms with Crippen LogP contribution in [-0.2, 0) is 47.6 Å². The van der Waals surface area contributed by atoms with Gasteiger partial charge in [0.2, 0.25) is 0 Å². The van der Waals surface area contributed by atoms with Gasteiger partial charge in [0, 0.05) is 11.1 Å². The summed E-state index contributed by atoms with van der Waals surface area (Å²) in [6, 6.07) is 0. The van der Waals surface area contributed by atoms with Crippen LogP contribution in [0.25, 0.3) is 0 Å². The lowest BCUT2D eigenvalue weighted by Gasteiger charge is -2.33. The van der Waals surface area contributed by atoms with Crippen LogP contribution < -0.4 is 0 Å². The molecule has 50 heavy (non-hydrogen) atoms. The Balaban J connectivity index is -0.000000219. The summed E-state index contributed by atoms with van der Waals surface area (Å²) in [5, 5.41) is 0. The van der Waals surface area contributed by atoms with Crippen LogP contribution in [0.2, 0.25) is 0 Å². The van der Waals surface area contributed by atoms with Gasteiger partial charge < -0.3 is 28.4 Å². The fourth-order valence-corrected chi connectivity index (χ4v) is 4.06. The second-order valence-electron chi connectivity index (χ2n) is 13.0. The number of hydrogen-bond donors (Lipinski definition) is 0. The van der Waals surface area contributed by atoms with Crippen LogP contribution in [0.3, 0.4) is 0 Å². The van der Waals surface area contributed by atoms with Gasteiger partial charge in [0.05, 0.1) is 37.3 Å². The van der Waals surface area contributed by atoms with Crippen molar-refractivity contribution < 1.29 is 47.6 Å². The zero-order chi connectivity index (χ0) is 35.2. The van der Waals surface area contributed by atoms with Crippen molar-refractivity contribution in [3.05, 3.63) is 24.3 Å². The van der Waals surface area contributed by atoms with Crippen molar-refractivity contribution in [1.29, 1.82) is 0 Å². The first-order chi connectivity index (χ1) is 21.6. The molecule has 2 aliphatic heterocycles. The summed E-state index contributed by atoms with van der Waals surface area (Å²) in [6.45, 7) is 25.0. The molecule has 0 aliphatic carbocycles. The van der Waals surface area contributed by atoms with E-state index < -0.39 is 10.8 Å². The molecule has 0 bridgehead atoms. The third-order valence-electron chi connectivity index (χ3n) is 7.42. The highest BCUT2D eigenvalue weighted by atomic mass is 16.6. The van der Waals surface area contributed by atoms with Crippen molar-refractivity contribution in [2.75, 3.05) is 39.6 Å². The molecule has 0 N–H and O–H groups in total. The zero-order valence-corrected chi connectivity index (χ0v) is 30.0. The van der Waals surface area contributed by atoms with Gasteiger partial charge >= 0.3 is 23.9 Å². The van der Waals surface area contributed by atoms with Crippen molar-refractivity contribution in [2.45, 2.75) is 162 Å². The maximum absolute atomic E-state index is 12.5. The standard InChI is InChI=1S/C19H34O5.C10H18O2.C7H10O3.4CH4/c1-6-8-9-10-11-22-17(21)19(5,7-2)14-18(3,4)16(20)24-13-15-12-23-15;1-4-5-6-7-8-12-10(11)9(2)3;1-5(2)7(8)10-4-6-3-9-6;;;;/h15H,6-14H2,1-5H3;2,4-8H2,1,3H3;6H,1,3-4H2,2H3;4*1H4. The molecule has 0 spiro atoms. The van der Waals surface area contributed by atoms with Gasteiger partial charge in [0.15, 0.2) is 0 Å². The molecule has 0 amide bonds. The maximum atomic E-state index is 12.5. The average Bonchev–Trinajstić information content (AvgIpc) is 3.94. The minimum atomic E-state index is -0.735. The van der Waals surface area contributed by atoms with Crippen molar-refractivity contribution in [3.8, 4) is 0 Å². The van der Waals surface area contributed by atoms with Crippen LogP contribution in [0, 0.1) is 10.8 Å². The van der Waals surface area contributed by atoms with Crippen molar-refractivity contribution >= 4 is 23.9 Å². The number of unbranched alkanes of at least 4 members (excludes halogenated alkanes) is 6. The smallest absolute Gasteiger partial charge is 0.333 e. The van der Waals surface area contributed by atoms with Gasteiger partial charge in [-0.05, 0) is 60.3 Å². The van der Waals surface area contributed by atoms with Gasteiger partial charge in [-0.2, -0.15) is 0 Å². The molecule has 2 fully saturated rings. The third-order valence-corrected chi connectivity index (χ3v) is 7.42. The minimum Gasteiger partial charge on any atom is -0.465 e. The lowest BCUT2D eigenvalue weighted by atomic mass is 9.72. The highest BCUT2D eigenvalue weighted by Crippen LogP contribution is 2.38. The quantitative estimate of drug-likeness (QED) is 0.0372. The second kappa shape index (κ2) is 31.1. The molecule has 10 nitrogen and oxygen atoms in total. The zero-order valence-electron chi connectivity index (χ0n) is 30.0. The van der Waals surface area contributed by atoms with E-state index in [4.69, 9.17) is 28.4 Å². The molecule has 0 aromatic carbocycles. The largest absolute Gasteiger partial charge is 0.465 e. The molecule has 298 valence electrons. The van der Waals surface area contributed by atoms with Gasteiger partial charge in [-0.25, -0.2) is 9.59 Å². The summed E-state index contributed by atoms with van der Waals surface area (Å²) in [4.78, 5) is 46.4. The monoisotopic (exact) mass is 719 g/mol. The van der Waals surface area contributed by atoms with Crippen LogP contribution in [-0.4, -0.2) is 75.7 Å². The van der Waals surface area contributed by atoms with E-state index in [-0.39, 0.29) is 65.8 Å². The Morgan fingerprint density at radius 3 is 1.40 bits per heavy atom. The molecule has 0 radical (unpaired) electrons. The Bertz CT molecular complexity index is 950. The van der Waals surface area contributed by atoms with E-state index in [9.17, 15) is 19.2 Å². The topological polar surface area (TPSA) is 130 Å². The van der Waals surface area contributed by atoms with Gasteiger partial charge in [-0.3, -0.25) is 9.59 Å². The highest BCUT2D eigenvalue weighted by molar-refractivity contribution is 5.87. The molecule has 0 saturated carbocycles. The number of esters is 4. The highest BCUT2D eigenvalue weighted by Gasteiger charge is 2.43. The molecule has 0 aromatic rings. The number of carbonyl (C=O) groups is 4. The Morgan fingerprint density at radius 2 is 1.02 bits per heavy atom. The Kier molecular flexibility index (Phi) is 35.2. The van der Waals surface area contributed by atoms with E-state index in [2.05, 4.69) is 27.0 Å². The van der Waals surface area contributed by atoms with Crippen LogP contribution >= 0.6 is 0 Å². The molecule has 3 unspecified atom stereocenters. The molecule has 0 aromatic heterocycles. The Labute approximate surface area is 307 Å². The average molecular weight is 719 g/mol. The molecule has 2 aliphatic rings. The summed E-state index contributed by atoms with van der Waals surface area (Å²) in [7, 11) is 0. The van der Waals surface area contributed by atoms with Gasteiger partial charge in [-0.1, -0.05) is 102 Å². The van der Waals surface area contributed by atoms with Crippen molar-refractivity contribution in [2.24, 2.45) is 10.8 Å². The van der Waals surface area contributed by atoms with Crippen LogP contribution in [0.15, 0.2) is 24.3 Å². The first kappa shape index (κ1) is 56.6. The van der Waals surface area contributed by atoms with Gasteiger partial charge in [0.1, 0.15) is 25.4 Å². The first-order valence-electron chi connectivity index (χ1n) is 16.9. The first-order valence-corrected chi connectivity index (χ1v) is 16.9. The summed E-state index contributed by atoms with van der Waals surface area (Å²) >= 11 is 0. The normalized spacial score (nSPS) is 16.0. The summed E-state index contributed by atoms with van der Waals surface area (Å²) in [6.07, 6.45) is 10.0. The molecule has 10 heteroatoms. The van der Waals surface area contributed by atoms with Gasteiger partial charge in [0.25, 0.3) is 0 Å². The van der Waals surface area contributed by atoms with Crippen molar-refractivity contribution in [1.82, 2.24) is 0 Å². The lowest BCUT2D eigenvalue weighted by molar-refractivity contribution is -0.163. The van der Waals surface area contributed by atoms with E-state index in [0.29, 0.717) is 63.6 Å². The third kappa shape index (κ3) is 28.0. The van der Waals surface area contributed by atoms with E-state index >= 15 is 0 Å². The number of epoxide rings is 2. The molecule has 2 saturated heterocycles. The van der Waals surface area contributed by atoms with E-state index in [0.717, 1.165) is 38.5 Å². The molecular formula is C40H78O10.